The van der Waals surface area contributed by atoms with E-state index >= 15 is 19.2 Å². The van der Waals surface area contributed by atoms with Crippen LogP contribution in [-0.2, 0) is 54.9 Å². The highest BCUT2D eigenvalue weighted by Crippen LogP contribution is 2.67. The van der Waals surface area contributed by atoms with Gasteiger partial charge < -0.3 is 34.1 Å². The van der Waals surface area contributed by atoms with Gasteiger partial charge in [0.25, 0.3) is 5.69 Å². The van der Waals surface area contributed by atoms with Crippen molar-refractivity contribution in [2.75, 3.05) is 37.7 Å². The van der Waals surface area contributed by atoms with Crippen LogP contribution in [0.25, 0.3) is 10.2 Å². The third-order valence-corrected chi connectivity index (χ3v) is 15.0. The second kappa shape index (κ2) is 22.1. The summed E-state index contributed by atoms with van der Waals surface area (Å²) < 4.78 is 29.2. The predicted octanol–water partition coefficient (Wildman–Crippen LogP) is 7.92. The number of benzene rings is 6. The average molecular weight is 1070 g/mol. The number of aliphatic hydroxyl groups is 1. The van der Waals surface area contributed by atoms with Crippen LogP contribution in [0.4, 0.5) is 21.3 Å². The number of nitro groups is 1. The molecule has 19 nitrogen and oxygen atoms in total. The average Bonchev–Trinajstić information content (AvgIpc) is 2.71. The normalized spacial score (nSPS) is 20.3. The molecule has 78 heavy (non-hydrogen) atoms. The van der Waals surface area contributed by atoms with Crippen molar-refractivity contribution in [3.63, 3.8) is 0 Å². The number of fused-ring (bicyclic) bond motifs is 4. The van der Waals surface area contributed by atoms with E-state index in [0.717, 1.165) is 35.2 Å². The summed E-state index contributed by atoms with van der Waals surface area (Å²) in [6.45, 7) is -1.07. The molecular formula is C58H47N5O14S. The van der Waals surface area contributed by atoms with Crippen LogP contribution in [0.3, 0.4) is 0 Å². The van der Waals surface area contributed by atoms with E-state index in [9.17, 15) is 24.8 Å². The number of carbonyl (C=O) groups is 6. The molecule has 1 aromatic heterocycles. The Kier molecular flexibility index (Phi) is 14.8. The zero-order valence-electron chi connectivity index (χ0n) is 41.7. The summed E-state index contributed by atoms with van der Waals surface area (Å²) in [5.74, 6) is -1.69. The molecule has 0 aliphatic carbocycles. The molecule has 10 rings (SSSR count). The number of rotatable bonds is 14. The lowest BCUT2D eigenvalue weighted by Gasteiger charge is -2.46. The van der Waals surface area contributed by atoms with Crippen LogP contribution in [0.1, 0.15) is 58.0 Å². The van der Waals surface area contributed by atoms with Crippen molar-refractivity contribution >= 4 is 73.9 Å². The van der Waals surface area contributed by atoms with E-state index in [1.807, 2.05) is 48.5 Å². The number of para-hydroxylation sites is 2. The van der Waals surface area contributed by atoms with Gasteiger partial charge in [0.05, 0.1) is 59.7 Å². The molecule has 3 aliphatic rings. The van der Waals surface area contributed by atoms with Gasteiger partial charge in [-0.3, -0.25) is 39.0 Å². The highest BCUT2D eigenvalue weighted by molar-refractivity contribution is 7.22. The number of aromatic nitrogens is 1. The Morgan fingerprint density at radius 2 is 1.51 bits per heavy atom. The molecule has 4 heterocycles. The number of hydrogen-bond donors (Lipinski definition) is 2. The molecule has 6 atom stereocenters. The molecule has 6 aromatic carbocycles. The van der Waals surface area contributed by atoms with Gasteiger partial charge in [-0.05, 0) is 70.8 Å². The van der Waals surface area contributed by atoms with Crippen LogP contribution in [0, 0.1) is 33.8 Å². The van der Waals surface area contributed by atoms with Gasteiger partial charge in [0.1, 0.15) is 36.5 Å². The van der Waals surface area contributed by atoms with Gasteiger partial charge in [0, 0.05) is 29.7 Å². The topological polar surface area (TPSA) is 243 Å². The number of imide groups is 1. The van der Waals surface area contributed by atoms with E-state index in [2.05, 4.69) is 17.2 Å². The number of non-ortho nitro benzene ring substituents is 1. The second-order valence-electron chi connectivity index (χ2n) is 18.3. The predicted molar refractivity (Wildman–Crippen MR) is 281 cm³/mol. The number of nitrogens with zero attached hydrogens (tertiary/aromatic N) is 4. The summed E-state index contributed by atoms with van der Waals surface area (Å²) in [7, 11) is 2.24. The summed E-state index contributed by atoms with van der Waals surface area (Å²) in [4.78, 5) is 107. The van der Waals surface area contributed by atoms with Crippen LogP contribution >= 0.6 is 11.3 Å². The zero-order chi connectivity index (χ0) is 54.7. The van der Waals surface area contributed by atoms with E-state index < -0.39 is 95.4 Å². The smallest absolute Gasteiger partial charge is 0.421 e. The third-order valence-electron chi connectivity index (χ3n) is 14.0. The standard InChI is InChI=1S/C58H47N5O14S/c1-73-52(66)40(53(67)74-2)20-13-14-34-26-29-43-41(32-34)58(55(69)61(43)57(70)76-33-35-24-27-38(28-25-35)63(71)72)46(51(65)60-56-59-42-21-10-12-23-45(42)78-56)48-54(68)77-49(37-17-7-4-8-18-37)47(36-15-5-3-6-16-36)62(48)50(58)39-19-9-11-22-44(39)75-31-30-64/h3-12,15-19,21-29,32,40,46-50,64H,20,30-31,33H2,1-2H3,(H,59,60,65)/t46-,47-,48-,49+,50+,58-/m0/s1. The number of aliphatic hydroxyl groups excluding tert-OH is 1. The Balaban J connectivity index is 1.25. The Bertz CT molecular complexity index is 3500. The fourth-order valence-corrected chi connectivity index (χ4v) is 11.6. The first kappa shape index (κ1) is 52.2. The van der Waals surface area contributed by atoms with Crippen molar-refractivity contribution in [1.82, 2.24) is 9.88 Å². The fraction of sp³-hybridized carbons (Fsp3) is 0.224. The molecular weight excluding hydrogens is 1020 g/mol. The second-order valence-corrected chi connectivity index (χ2v) is 19.3. The molecule has 20 heteroatoms. The molecule has 2 saturated heterocycles. The fourth-order valence-electron chi connectivity index (χ4n) is 10.8. The van der Waals surface area contributed by atoms with Crippen molar-refractivity contribution in [2.45, 2.75) is 42.7 Å². The lowest BCUT2D eigenvalue weighted by molar-refractivity contribution is -0.384. The third kappa shape index (κ3) is 9.44. The van der Waals surface area contributed by atoms with Crippen molar-refractivity contribution in [1.29, 1.82) is 0 Å². The molecule has 0 unspecified atom stereocenters. The van der Waals surface area contributed by atoms with E-state index in [-0.39, 0.29) is 52.0 Å². The number of esters is 3. The molecule has 3 aliphatic heterocycles. The molecule has 1 spiro atoms. The minimum atomic E-state index is -2.35. The monoisotopic (exact) mass is 1070 g/mol. The van der Waals surface area contributed by atoms with Crippen molar-refractivity contribution in [2.24, 2.45) is 11.8 Å². The van der Waals surface area contributed by atoms with Gasteiger partial charge in [-0.15, -0.1) is 0 Å². The van der Waals surface area contributed by atoms with E-state index in [4.69, 9.17) is 28.7 Å². The number of carbonyl (C=O) groups excluding carboxylic acids is 6. The van der Waals surface area contributed by atoms with Gasteiger partial charge in [0.2, 0.25) is 11.8 Å². The zero-order valence-corrected chi connectivity index (χ0v) is 42.5. The van der Waals surface area contributed by atoms with Crippen LogP contribution in [0.2, 0.25) is 0 Å². The lowest BCUT2D eigenvalue weighted by atomic mass is 9.65. The van der Waals surface area contributed by atoms with E-state index in [1.54, 1.807) is 65.6 Å². The van der Waals surface area contributed by atoms with Gasteiger partial charge in [-0.2, -0.15) is 0 Å². The Hall–Kier alpha value is -9.29. The van der Waals surface area contributed by atoms with Crippen LogP contribution in [0.5, 0.6) is 5.75 Å². The maximum absolute atomic E-state index is 16.8. The SMILES string of the molecule is COC(=O)C(CC#Cc1ccc2c(c1)[C@]1(C(=O)N2C(=O)OCc2ccc([N+](=O)[O-])cc2)[C@H](C(=O)Nc2nc3ccccc3s2)[C@H]2C(=O)O[C@H](c3ccccc3)[C@H](c3ccccc3)N2[C@@H]1c1ccccc1OCCO)C(=O)OC. The number of anilines is 2. The Labute approximate surface area is 449 Å². The van der Waals surface area contributed by atoms with Crippen molar-refractivity contribution in [3.05, 3.63) is 195 Å². The quantitative estimate of drug-likeness (QED) is 0.0262. The molecule has 2 N–H and O–H groups in total. The first-order valence-electron chi connectivity index (χ1n) is 24.5. The molecule has 2 fully saturated rings. The highest BCUT2D eigenvalue weighted by Gasteiger charge is 2.76. The number of cyclic esters (lactones) is 1. The highest BCUT2D eigenvalue weighted by atomic mass is 32.1. The number of hydrogen-bond acceptors (Lipinski definition) is 17. The number of nitro benzene ring substituents is 1. The van der Waals surface area contributed by atoms with Crippen molar-refractivity contribution < 1.29 is 62.5 Å². The summed E-state index contributed by atoms with van der Waals surface area (Å²) in [5.41, 5.74) is 0.0346. The summed E-state index contributed by atoms with van der Waals surface area (Å²) >= 11 is 1.16. The van der Waals surface area contributed by atoms with Crippen LogP contribution in [0.15, 0.2) is 152 Å². The van der Waals surface area contributed by atoms with Gasteiger partial charge in [-0.1, -0.05) is 114 Å². The first-order valence-corrected chi connectivity index (χ1v) is 25.3. The molecule has 394 valence electrons. The summed E-state index contributed by atoms with van der Waals surface area (Å²) in [6.07, 6.45) is -2.62. The number of thiazole rings is 1. The molecule has 0 bridgehead atoms. The minimum absolute atomic E-state index is 0.0424. The summed E-state index contributed by atoms with van der Waals surface area (Å²) in [6, 6.07) is 37.8. The van der Waals surface area contributed by atoms with Crippen LogP contribution < -0.4 is 15.0 Å². The molecule has 0 radical (unpaired) electrons. The first-order chi connectivity index (χ1) is 37.9. The molecule has 3 amide bonds. The maximum atomic E-state index is 16.8. The van der Waals surface area contributed by atoms with Crippen LogP contribution in [-0.4, -0.2) is 89.2 Å². The lowest BCUT2D eigenvalue weighted by Crippen LogP contribution is -2.54. The van der Waals surface area contributed by atoms with Crippen molar-refractivity contribution in [3.8, 4) is 17.6 Å². The largest absolute Gasteiger partial charge is 0.491 e. The van der Waals surface area contributed by atoms with E-state index in [1.165, 1.54) is 42.5 Å². The Morgan fingerprint density at radius 3 is 2.19 bits per heavy atom. The van der Waals surface area contributed by atoms with Gasteiger partial charge in [0.15, 0.2) is 11.0 Å². The van der Waals surface area contributed by atoms with Gasteiger partial charge >= 0.3 is 24.0 Å². The number of morpholine rings is 1. The molecule has 0 saturated carbocycles. The molecule has 7 aromatic rings. The number of amides is 3. The number of nitrogens with one attached hydrogen (secondary N) is 1. The van der Waals surface area contributed by atoms with E-state index in [0.29, 0.717) is 22.2 Å². The number of ether oxygens (including phenoxy) is 5. The number of methoxy groups -OCH3 is 2. The minimum Gasteiger partial charge on any atom is -0.491 e. The Morgan fingerprint density at radius 1 is 0.846 bits per heavy atom. The van der Waals surface area contributed by atoms with Gasteiger partial charge in [-0.25, -0.2) is 14.7 Å². The summed E-state index contributed by atoms with van der Waals surface area (Å²) in [5, 5.41) is 24.8. The maximum Gasteiger partial charge on any atom is 0.421 e.